The maximum Gasteiger partial charge on any atom is 0.387 e. The predicted molar refractivity (Wildman–Crippen MR) is 44.7 cm³/mol. The number of alkyl halides is 2. The first kappa shape index (κ1) is 10.4. The Hall–Kier alpha value is -1.65. The summed E-state index contributed by atoms with van der Waals surface area (Å²) >= 11 is 0. The molecule has 5 heteroatoms. The van der Waals surface area contributed by atoms with Crippen LogP contribution in [0.5, 0.6) is 11.5 Å². The van der Waals surface area contributed by atoms with Crippen molar-refractivity contribution in [2.24, 2.45) is 0 Å². The number of rotatable bonds is 3. The fourth-order valence-electron chi connectivity index (χ4n) is 0.985. The van der Waals surface area contributed by atoms with Crippen molar-refractivity contribution in [3.05, 3.63) is 23.8 Å². The Labute approximate surface area is 78.9 Å². The molecule has 0 aliphatic carbocycles. The molecule has 0 aliphatic rings. The minimum Gasteiger partial charge on any atom is -0.507 e. The average molecular weight is 202 g/mol. The molecule has 0 heterocycles. The summed E-state index contributed by atoms with van der Waals surface area (Å²) in [5.41, 5.74) is 0.0756. The van der Waals surface area contributed by atoms with Crippen molar-refractivity contribution in [3.63, 3.8) is 0 Å². The first-order valence-electron chi connectivity index (χ1n) is 3.79. The summed E-state index contributed by atoms with van der Waals surface area (Å²) < 4.78 is 27.5. The number of Topliss-reactive ketones (excluding diaryl/α,β-unsaturated/α-hetero) is 1. The zero-order chi connectivity index (χ0) is 10.7. The Kier molecular flexibility index (Phi) is 3.01. The summed E-state index contributed by atoms with van der Waals surface area (Å²) in [6, 6.07) is 3.40. The molecule has 0 fully saturated rings. The second-order valence-electron chi connectivity index (χ2n) is 2.61. The number of halogens is 2. The lowest BCUT2D eigenvalue weighted by Crippen LogP contribution is -2.02. The molecule has 0 aliphatic heterocycles. The highest BCUT2D eigenvalue weighted by atomic mass is 19.3. The van der Waals surface area contributed by atoms with E-state index in [0.29, 0.717) is 0 Å². The lowest BCUT2D eigenvalue weighted by atomic mass is 10.1. The monoisotopic (exact) mass is 202 g/mol. The summed E-state index contributed by atoms with van der Waals surface area (Å²) in [5.74, 6) is -0.885. The van der Waals surface area contributed by atoms with Gasteiger partial charge >= 0.3 is 6.61 Å². The first-order chi connectivity index (χ1) is 6.50. The molecular formula is C9H8F2O3. The standard InChI is InChI=1S/C9H8F2O3/c1-5(12)7-3-2-6(4-8(7)13)14-9(10)11/h2-4,9,13H,1H3. The summed E-state index contributed by atoms with van der Waals surface area (Å²) in [4.78, 5) is 10.9. The van der Waals surface area contributed by atoms with Gasteiger partial charge in [-0.15, -0.1) is 0 Å². The van der Waals surface area contributed by atoms with E-state index in [0.717, 1.165) is 6.07 Å². The number of carbonyl (C=O) groups excluding carboxylic acids is 1. The molecule has 1 aromatic carbocycles. The molecule has 0 bridgehead atoms. The zero-order valence-corrected chi connectivity index (χ0v) is 7.33. The predicted octanol–water partition coefficient (Wildman–Crippen LogP) is 2.20. The van der Waals surface area contributed by atoms with Crippen molar-refractivity contribution in [2.45, 2.75) is 13.5 Å². The second kappa shape index (κ2) is 4.04. The quantitative estimate of drug-likeness (QED) is 0.764. The maximum atomic E-state index is 11.7. The molecule has 1 N–H and O–H groups in total. The van der Waals surface area contributed by atoms with Gasteiger partial charge in [0.05, 0.1) is 5.56 Å². The third-order valence-corrected chi connectivity index (χ3v) is 1.57. The Bertz CT molecular complexity index is 350. The van der Waals surface area contributed by atoms with Crippen molar-refractivity contribution >= 4 is 5.78 Å². The van der Waals surface area contributed by atoms with Gasteiger partial charge < -0.3 is 9.84 Å². The Morgan fingerprint density at radius 3 is 2.57 bits per heavy atom. The van der Waals surface area contributed by atoms with E-state index in [-0.39, 0.29) is 22.8 Å². The lowest BCUT2D eigenvalue weighted by Gasteiger charge is -2.06. The van der Waals surface area contributed by atoms with Crippen LogP contribution in [-0.2, 0) is 0 Å². The van der Waals surface area contributed by atoms with E-state index in [1.807, 2.05) is 0 Å². The van der Waals surface area contributed by atoms with Gasteiger partial charge in [-0.2, -0.15) is 8.78 Å². The van der Waals surface area contributed by atoms with Gasteiger partial charge in [0.25, 0.3) is 0 Å². The van der Waals surface area contributed by atoms with Crippen LogP contribution in [0.4, 0.5) is 8.78 Å². The van der Waals surface area contributed by atoms with Crippen LogP contribution in [-0.4, -0.2) is 17.5 Å². The van der Waals surface area contributed by atoms with Crippen LogP contribution < -0.4 is 4.74 Å². The van der Waals surface area contributed by atoms with E-state index in [1.165, 1.54) is 19.1 Å². The van der Waals surface area contributed by atoms with Crippen molar-refractivity contribution in [1.29, 1.82) is 0 Å². The molecule has 0 atom stereocenters. The van der Waals surface area contributed by atoms with Gasteiger partial charge in [-0.1, -0.05) is 0 Å². The van der Waals surface area contributed by atoms with Crippen molar-refractivity contribution < 1.29 is 23.4 Å². The molecule has 0 aromatic heterocycles. The van der Waals surface area contributed by atoms with Gasteiger partial charge in [-0.25, -0.2) is 0 Å². The number of carbonyl (C=O) groups is 1. The summed E-state index contributed by atoms with van der Waals surface area (Å²) in [7, 11) is 0. The highest BCUT2D eigenvalue weighted by molar-refractivity contribution is 5.96. The average Bonchev–Trinajstić information content (AvgIpc) is 2.01. The van der Waals surface area contributed by atoms with Crippen LogP contribution in [0.1, 0.15) is 17.3 Å². The van der Waals surface area contributed by atoms with E-state index in [2.05, 4.69) is 4.74 Å². The van der Waals surface area contributed by atoms with Gasteiger partial charge in [-0.05, 0) is 19.1 Å². The minimum atomic E-state index is -2.95. The van der Waals surface area contributed by atoms with Gasteiger partial charge in [0.15, 0.2) is 5.78 Å². The molecule has 76 valence electrons. The molecule has 0 spiro atoms. The van der Waals surface area contributed by atoms with Gasteiger partial charge in [0, 0.05) is 6.07 Å². The van der Waals surface area contributed by atoms with Crippen LogP contribution in [0, 0.1) is 0 Å². The number of hydrogen-bond acceptors (Lipinski definition) is 3. The molecule has 0 radical (unpaired) electrons. The molecule has 0 saturated carbocycles. The molecule has 1 rings (SSSR count). The molecule has 14 heavy (non-hydrogen) atoms. The molecule has 0 saturated heterocycles. The smallest absolute Gasteiger partial charge is 0.387 e. The lowest BCUT2D eigenvalue weighted by molar-refractivity contribution is -0.0499. The SMILES string of the molecule is CC(=O)c1ccc(OC(F)F)cc1O. The molecule has 0 unspecified atom stereocenters. The maximum absolute atomic E-state index is 11.7. The molecule has 0 amide bonds. The van der Waals surface area contributed by atoms with Crippen LogP contribution in [0.15, 0.2) is 18.2 Å². The Balaban J connectivity index is 2.94. The Morgan fingerprint density at radius 1 is 1.50 bits per heavy atom. The highest BCUT2D eigenvalue weighted by Crippen LogP contribution is 2.24. The third kappa shape index (κ3) is 2.42. The topological polar surface area (TPSA) is 46.5 Å². The van der Waals surface area contributed by atoms with E-state index in [9.17, 15) is 18.7 Å². The number of ether oxygens (including phenoxy) is 1. The fraction of sp³-hybridized carbons (Fsp3) is 0.222. The summed E-state index contributed by atoms with van der Waals surface area (Å²) in [6.45, 7) is -1.68. The highest BCUT2D eigenvalue weighted by Gasteiger charge is 2.09. The van der Waals surface area contributed by atoms with E-state index in [1.54, 1.807) is 0 Å². The number of benzene rings is 1. The number of hydrogen-bond donors (Lipinski definition) is 1. The van der Waals surface area contributed by atoms with Gasteiger partial charge in [0.2, 0.25) is 0 Å². The minimum absolute atomic E-state index is 0.0756. The summed E-state index contributed by atoms with van der Waals surface area (Å²) in [5, 5.41) is 9.23. The van der Waals surface area contributed by atoms with Crippen LogP contribution in [0.25, 0.3) is 0 Å². The molecular weight excluding hydrogens is 194 g/mol. The number of phenols is 1. The van der Waals surface area contributed by atoms with E-state index in [4.69, 9.17) is 0 Å². The molecule has 3 nitrogen and oxygen atoms in total. The van der Waals surface area contributed by atoms with Gasteiger partial charge in [-0.3, -0.25) is 4.79 Å². The van der Waals surface area contributed by atoms with Crippen molar-refractivity contribution in [1.82, 2.24) is 0 Å². The molecule has 1 aromatic rings. The van der Waals surface area contributed by atoms with Crippen LogP contribution in [0.2, 0.25) is 0 Å². The van der Waals surface area contributed by atoms with Crippen LogP contribution in [0.3, 0.4) is 0 Å². The van der Waals surface area contributed by atoms with Gasteiger partial charge in [0.1, 0.15) is 11.5 Å². The third-order valence-electron chi connectivity index (χ3n) is 1.57. The first-order valence-corrected chi connectivity index (χ1v) is 3.79. The number of aromatic hydroxyl groups is 1. The Morgan fingerprint density at radius 2 is 2.14 bits per heavy atom. The largest absolute Gasteiger partial charge is 0.507 e. The fourth-order valence-corrected chi connectivity index (χ4v) is 0.985. The number of ketones is 1. The second-order valence-corrected chi connectivity index (χ2v) is 2.61. The normalized spacial score (nSPS) is 10.3. The number of phenolic OH excluding ortho intramolecular Hbond substituents is 1. The van der Waals surface area contributed by atoms with Crippen LogP contribution >= 0.6 is 0 Å². The van der Waals surface area contributed by atoms with E-state index < -0.39 is 6.61 Å². The zero-order valence-electron chi connectivity index (χ0n) is 7.33. The summed E-state index contributed by atoms with van der Waals surface area (Å²) in [6.07, 6.45) is 0. The van der Waals surface area contributed by atoms with Crippen molar-refractivity contribution in [2.75, 3.05) is 0 Å². The van der Waals surface area contributed by atoms with E-state index >= 15 is 0 Å². The van der Waals surface area contributed by atoms with Crippen molar-refractivity contribution in [3.8, 4) is 11.5 Å².